The van der Waals surface area contributed by atoms with Crippen molar-refractivity contribution in [1.29, 1.82) is 0 Å². The molecular weight excluding hydrogens is 389 g/mol. The standard InChI is InChI=1S/C19H13Cl2N3O3/c1-10(25)16-15-17(24(22-16)13-7-5-11(20)6-8-13)19(27)23(18(15)26)14-4-2-3-12(21)9-14/h2-9,15,17H,1H3/t15-,17+/m0/s1. The highest BCUT2D eigenvalue weighted by molar-refractivity contribution is 6.49. The molecule has 2 aliphatic rings. The first-order chi connectivity index (χ1) is 12.9. The van der Waals surface area contributed by atoms with Gasteiger partial charge in [-0.3, -0.25) is 19.4 Å². The van der Waals surface area contributed by atoms with Gasteiger partial charge < -0.3 is 0 Å². The zero-order valence-corrected chi connectivity index (χ0v) is 15.6. The smallest absolute Gasteiger partial charge is 0.259 e. The Morgan fingerprint density at radius 1 is 0.963 bits per heavy atom. The summed E-state index contributed by atoms with van der Waals surface area (Å²) in [4.78, 5) is 39.3. The number of imide groups is 1. The van der Waals surface area contributed by atoms with Crippen LogP contribution in [0.3, 0.4) is 0 Å². The average molecular weight is 402 g/mol. The Balaban J connectivity index is 1.80. The van der Waals surface area contributed by atoms with E-state index in [1.165, 1.54) is 18.0 Å². The van der Waals surface area contributed by atoms with Gasteiger partial charge in [-0.15, -0.1) is 0 Å². The van der Waals surface area contributed by atoms with Crippen LogP contribution in [0.15, 0.2) is 53.6 Å². The Kier molecular flexibility index (Phi) is 4.25. The van der Waals surface area contributed by atoms with Crippen molar-refractivity contribution in [2.24, 2.45) is 11.0 Å². The van der Waals surface area contributed by atoms with Gasteiger partial charge in [-0.1, -0.05) is 29.3 Å². The topological polar surface area (TPSA) is 70.1 Å². The molecule has 27 heavy (non-hydrogen) atoms. The Bertz CT molecular complexity index is 1000. The van der Waals surface area contributed by atoms with Crippen LogP contribution in [0.1, 0.15) is 6.92 Å². The van der Waals surface area contributed by atoms with E-state index in [0.29, 0.717) is 21.4 Å². The van der Waals surface area contributed by atoms with Gasteiger partial charge in [-0.2, -0.15) is 5.10 Å². The summed E-state index contributed by atoms with van der Waals surface area (Å²) < 4.78 is 0. The molecular formula is C19H13Cl2N3O3. The van der Waals surface area contributed by atoms with Gasteiger partial charge in [-0.05, 0) is 42.5 Å². The van der Waals surface area contributed by atoms with Crippen LogP contribution in [0.2, 0.25) is 10.0 Å². The first-order valence-corrected chi connectivity index (χ1v) is 8.91. The van der Waals surface area contributed by atoms with E-state index in [-0.39, 0.29) is 11.5 Å². The van der Waals surface area contributed by atoms with E-state index in [2.05, 4.69) is 5.10 Å². The number of carbonyl (C=O) groups is 3. The zero-order chi connectivity index (χ0) is 19.3. The Hall–Kier alpha value is -2.70. The Morgan fingerprint density at radius 2 is 1.67 bits per heavy atom. The number of fused-ring (bicyclic) bond motifs is 1. The number of Topliss-reactive ketones (excluding diaryl/α,β-unsaturated/α-hetero) is 1. The highest BCUT2D eigenvalue weighted by Crippen LogP contribution is 2.38. The van der Waals surface area contributed by atoms with E-state index in [4.69, 9.17) is 23.2 Å². The summed E-state index contributed by atoms with van der Waals surface area (Å²) >= 11 is 11.9. The Labute approximate surface area is 165 Å². The van der Waals surface area contributed by atoms with Gasteiger partial charge in [0.25, 0.3) is 5.91 Å². The molecule has 0 N–H and O–H groups in total. The molecule has 0 aromatic heterocycles. The number of rotatable bonds is 3. The summed E-state index contributed by atoms with van der Waals surface area (Å²) in [6, 6.07) is 12.2. The molecule has 2 amide bonds. The van der Waals surface area contributed by atoms with Gasteiger partial charge in [0.1, 0.15) is 17.7 Å². The van der Waals surface area contributed by atoms with Gasteiger partial charge in [0.2, 0.25) is 5.91 Å². The quantitative estimate of drug-likeness (QED) is 0.739. The molecule has 0 saturated carbocycles. The Morgan fingerprint density at radius 3 is 2.30 bits per heavy atom. The monoisotopic (exact) mass is 401 g/mol. The SMILES string of the molecule is CC(=O)C1=NN(c2ccc(Cl)cc2)[C@H]2C(=O)N(c3cccc(Cl)c3)C(=O)[C@@H]12. The van der Waals surface area contributed by atoms with E-state index in [1.807, 2.05) is 0 Å². The van der Waals surface area contributed by atoms with Gasteiger partial charge in [0, 0.05) is 17.0 Å². The molecule has 2 heterocycles. The third kappa shape index (κ3) is 2.81. The second kappa shape index (κ2) is 6.48. The number of ketones is 1. The lowest BCUT2D eigenvalue weighted by molar-refractivity contribution is -0.122. The second-order valence-corrected chi connectivity index (χ2v) is 7.15. The predicted octanol–water partition coefficient (Wildman–Crippen LogP) is 3.32. The molecule has 0 unspecified atom stereocenters. The van der Waals surface area contributed by atoms with E-state index in [0.717, 1.165) is 4.90 Å². The molecule has 0 aliphatic carbocycles. The maximum Gasteiger partial charge on any atom is 0.259 e. The van der Waals surface area contributed by atoms with Crippen LogP contribution in [0.25, 0.3) is 0 Å². The minimum absolute atomic E-state index is 0.0674. The fourth-order valence-corrected chi connectivity index (χ4v) is 3.69. The van der Waals surface area contributed by atoms with Crippen molar-refractivity contribution in [2.45, 2.75) is 13.0 Å². The first-order valence-electron chi connectivity index (χ1n) is 8.16. The average Bonchev–Trinajstić information content (AvgIpc) is 3.13. The lowest BCUT2D eigenvalue weighted by Gasteiger charge is -2.22. The predicted molar refractivity (Wildman–Crippen MR) is 103 cm³/mol. The first kappa shape index (κ1) is 17.7. The minimum atomic E-state index is -0.954. The zero-order valence-electron chi connectivity index (χ0n) is 14.1. The number of anilines is 2. The maximum atomic E-state index is 13.1. The molecule has 2 aromatic carbocycles. The maximum absolute atomic E-state index is 13.1. The number of benzene rings is 2. The van der Waals surface area contributed by atoms with Crippen molar-refractivity contribution < 1.29 is 14.4 Å². The van der Waals surface area contributed by atoms with Crippen LogP contribution < -0.4 is 9.91 Å². The van der Waals surface area contributed by atoms with Crippen molar-refractivity contribution >= 4 is 57.9 Å². The largest absolute Gasteiger partial charge is 0.293 e. The third-order valence-corrected chi connectivity index (χ3v) is 5.05. The lowest BCUT2D eigenvalue weighted by atomic mass is 9.95. The molecule has 2 aromatic rings. The molecule has 1 fully saturated rings. The molecule has 0 bridgehead atoms. The number of hydrazone groups is 1. The fraction of sp³-hybridized carbons (Fsp3) is 0.158. The van der Waals surface area contributed by atoms with Gasteiger partial charge in [-0.25, -0.2) is 4.90 Å². The van der Waals surface area contributed by atoms with E-state index < -0.39 is 23.8 Å². The summed E-state index contributed by atoms with van der Waals surface area (Å²) in [5, 5.41) is 6.63. The van der Waals surface area contributed by atoms with Gasteiger partial charge >= 0.3 is 0 Å². The van der Waals surface area contributed by atoms with Gasteiger partial charge in [0.15, 0.2) is 5.78 Å². The van der Waals surface area contributed by atoms with Crippen LogP contribution in [-0.2, 0) is 14.4 Å². The summed E-state index contributed by atoms with van der Waals surface area (Å²) in [5.41, 5.74) is 1.00. The van der Waals surface area contributed by atoms with Crippen LogP contribution in [0.4, 0.5) is 11.4 Å². The van der Waals surface area contributed by atoms with Crippen molar-refractivity contribution in [3.05, 3.63) is 58.6 Å². The van der Waals surface area contributed by atoms with E-state index in [9.17, 15) is 14.4 Å². The molecule has 0 spiro atoms. The molecule has 6 nitrogen and oxygen atoms in total. The summed E-state index contributed by atoms with van der Waals surface area (Å²) in [6.45, 7) is 1.33. The number of nitrogens with zero attached hydrogens (tertiary/aromatic N) is 3. The van der Waals surface area contributed by atoms with Crippen molar-refractivity contribution in [3.8, 4) is 0 Å². The number of hydrogen-bond donors (Lipinski definition) is 0. The number of halogens is 2. The molecule has 1 saturated heterocycles. The molecule has 2 atom stereocenters. The molecule has 4 rings (SSSR count). The van der Waals surface area contributed by atoms with Crippen LogP contribution >= 0.6 is 23.2 Å². The van der Waals surface area contributed by atoms with Crippen molar-refractivity contribution in [3.63, 3.8) is 0 Å². The molecule has 8 heteroatoms. The molecule has 0 radical (unpaired) electrons. The van der Waals surface area contributed by atoms with Gasteiger partial charge in [0.05, 0.1) is 11.4 Å². The summed E-state index contributed by atoms with van der Waals surface area (Å²) in [6.07, 6.45) is 0. The number of carbonyl (C=O) groups excluding carboxylic acids is 3. The summed E-state index contributed by atoms with van der Waals surface area (Å²) in [5.74, 6) is -2.25. The van der Waals surface area contributed by atoms with E-state index in [1.54, 1.807) is 42.5 Å². The van der Waals surface area contributed by atoms with Crippen molar-refractivity contribution in [1.82, 2.24) is 0 Å². The van der Waals surface area contributed by atoms with Crippen LogP contribution in [-0.4, -0.2) is 29.4 Å². The summed E-state index contributed by atoms with van der Waals surface area (Å²) in [7, 11) is 0. The van der Waals surface area contributed by atoms with E-state index >= 15 is 0 Å². The van der Waals surface area contributed by atoms with Crippen molar-refractivity contribution in [2.75, 3.05) is 9.91 Å². The molecule has 2 aliphatic heterocycles. The van der Waals surface area contributed by atoms with Crippen LogP contribution in [0, 0.1) is 5.92 Å². The number of hydrogen-bond acceptors (Lipinski definition) is 5. The highest BCUT2D eigenvalue weighted by Gasteiger charge is 2.58. The number of amides is 2. The molecule has 136 valence electrons. The fourth-order valence-electron chi connectivity index (χ4n) is 3.38. The van der Waals surface area contributed by atoms with Crippen LogP contribution in [0.5, 0.6) is 0 Å². The normalized spacial score (nSPS) is 21.5. The third-order valence-electron chi connectivity index (χ3n) is 4.57. The lowest BCUT2D eigenvalue weighted by Crippen LogP contribution is -2.39. The minimum Gasteiger partial charge on any atom is -0.293 e. The highest BCUT2D eigenvalue weighted by atomic mass is 35.5. The second-order valence-electron chi connectivity index (χ2n) is 6.28.